The molecule has 0 spiro atoms. The van der Waals surface area contributed by atoms with Crippen LogP contribution in [0, 0.1) is 5.41 Å². The van der Waals surface area contributed by atoms with E-state index in [9.17, 15) is 4.79 Å². The lowest BCUT2D eigenvalue weighted by Crippen LogP contribution is -2.16. The number of ether oxygens (including phenoxy) is 2. The predicted molar refractivity (Wildman–Crippen MR) is 56.2 cm³/mol. The van der Waals surface area contributed by atoms with Crippen LogP contribution in [-0.4, -0.2) is 28.2 Å². The van der Waals surface area contributed by atoms with Gasteiger partial charge in [-0.25, -0.2) is 0 Å². The molecule has 6 heteroatoms. The van der Waals surface area contributed by atoms with Crippen molar-refractivity contribution in [2.24, 2.45) is 5.41 Å². The fourth-order valence-corrected chi connectivity index (χ4v) is 1.03. The summed E-state index contributed by atoms with van der Waals surface area (Å²) < 4.78 is 9.99. The molecule has 0 radical (unpaired) electrons. The van der Waals surface area contributed by atoms with Crippen LogP contribution in [0.1, 0.15) is 32.9 Å². The Morgan fingerprint density at radius 2 is 2.25 bits per heavy atom. The minimum Gasteiger partial charge on any atom is -0.438 e. The largest absolute Gasteiger partial charge is 0.438 e. The third kappa shape index (κ3) is 5.45. The Morgan fingerprint density at radius 1 is 1.50 bits per heavy atom. The van der Waals surface area contributed by atoms with Gasteiger partial charge in [0.05, 0.1) is 19.2 Å². The molecule has 0 aliphatic rings. The molecule has 6 nitrogen and oxygen atoms in total. The van der Waals surface area contributed by atoms with E-state index < -0.39 is 0 Å². The number of rotatable bonds is 5. The summed E-state index contributed by atoms with van der Waals surface area (Å²) in [6.45, 7) is 6.15. The van der Waals surface area contributed by atoms with Crippen LogP contribution in [-0.2, 0) is 20.9 Å². The summed E-state index contributed by atoms with van der Waals surface area (Å²) in [7, 11) is 0. The zero-order valence-electron chi connectivity index (χ0n) is 9.82. The molecule has 16 heavy (non-hydrogen) atoms. The van der Waals surface area contributed by atoms with Gasteiger partial charge in [0.2, 0.25) is 0 Å². The molecule has 1 aromatic rings. The van der Waals surface area contributed by atoms with Gasteiger partial charge in [0.15, 0.2) is 6.79 Å². The monoisotopic (exact) mass is 227 g/mol. The summed E-state index contributed by atoms with van der Waals surface area (Å²) in [6.07, 6.45) is 1.93. The van der Waals surface area contributed by atoms with E-state index in [-0.39, 0.29) is 24.8 Å². The molecule has 1 heterocycles. The Morgan fingerprint density at radius 3 is 2.81 bits per heavy atom. The molecule has 0 fully saturated rings. The summed E-state index contributed by atoms with van der Waals surface area (Å²) >= 11 is 0. The van der Waals surface area contributed by atoms with Crippen molar-refractivity contribution in [3.8, 4) is 0 Å². The first kappa shape index (κ1) is 12.6. The number of carbonyl (C=O) groups is 1. The van der Waals surface area contributed by atoms with Crippen molar-refractivity contribution in [1.82, 2.24) is 15.4 Å². The van der Waals surface area contributed by atoms with Gasteiger partial charge in [-0.05, 0) is 5.41 Å². The highest BCUT2D eigenvalue weighted by Crippen LogP contribution is 2.18. The minimum atomic E-state index is -0.257. The molecule has 0 saturated heterocycles. The third-order valence-electron chi connectivity index (χ3n) is 1.69. The molecule has 1 rings (SSSR count). The zero-order valence-corrected chi connectivity index (χ0v) is 9.82. The first-order valence-corrected chi connectivity index (χ1v) is 5.05. The van der Waals surface area contributed by atoms with Crippen LogP contribution in [0.15, 0.2) is 6.20 Å². The van der Waals surface area contributed by atoms with Crippen LogP contribution in [0.3, 0.4) is 0 Å². The second-order valence-electron chi connectivity index (χ2n) is 4.68. The maximum absolute atomic E-state index is 11.3. The maximum Gasteiger partial charge on any atom is 0.308 e. The number of aromatic amines is 1. The Hall–Kier alpha value is -1.43. The van der Waals surface area contributed by atoms with Crippen molar-refractivity contribution < 1.29 is 14.3 Å². The lowest BCUT2D eigenvalue weighted by molar-refractivity contribution is -0.159. The summed E-state index contributed by atoms with van der Waals surface area (Å²) in [6, 6.07) is 0. The quantitative estimate of drug-likeness (QED) is 0.465. The molecular weight excluding hydrogens is 210 g/mol. The molecule has 90 valence electrons. The molecule has 0 atom stereocenters. The summed E-state index contributed by atoms with van der Waals surface area (Å²) in [5.74, 6) is -0.257. The number of hydrogen-bond acceptors (Lipinski definition) is 5. The molecule has 0 amide bonds. The highest BCUT2D eigenvalue weighted by Gasteiger charge is 2.16. The third-order valence-corrected chi connectivity index (χ3v) is 1.69. The van der Waals surface area contributed by atoms with Crippen molar-refractivity contribution >= 4 is 5.97 Å². The minimum absolute atomic E-state index is 0.0538. The average Bonchev–Trinajstić information content (AvgIpc) is 2.62. The van der Waals surface area contributed by atoms with Gasteiger partial charge >= 0.3 is 5.97 Å². The predicted octanol–water partition coefficient (Wildman–Crippen LogP) is 1.26. The Balaban J connectivity index is 2.09. The first-order valence-electron chi connectivity index (χ1n) is 5.05. The molecule has 0 aliphatic heterocycles. The average molecular weight is 227 g/mol. The van der Waals surface area contributed by atoms with Gasteiger partial charge in [-0.3, -0.25) is 4.79 Å². The Bertz CT molecular complexity index is 317. The van der Waals surface area contributed by atoms with Gasteiger partial charge in [-0.2, -0.15) is 15.4 Å². The number of nitrogens with one attached hydrogen (secondary N) is 1. The smallest absolute Gasteiger partial charge is 0.308 e. The fraction of sp³-hybridized carbons (Fsp3) is 0.700. The Kier molecular flexibility index (Phi) is 4.42. The topological polar surface area (TPSA) is 77.1 Å². The van der Waals surface area contributed by atoms with E-state index in [1.807, 2.05) is 20.8 Å². The summed E-state index contributed by atoms with van der Waals surface area (Å²) in [5.41, 5.74) is 0.607. The van der Waals surface area contributed by atoms with E-state index in [4.69, 9.17) is 9.47 Å². The molecular formula is C10H17N3O3. The van der Waals surface area contributed by atoms with Gasteiger partial charge < -0.3 is 9.47 Å². The highest BCUT2D eigenvalue weighted by atomic mass is 16.7. The van der Waals surface area contributed by atoms with Crippen LogP contribution >= 0.6 is 0 Å². The van der Waals surface area contributed by atoms with Gasteiger partial charge in [0, 0.05) is 0 Å². The SMILES string of the molecule is CC(C)(C)CC(=O)OCOCc1cn[nH]n1. The fourth-order valence-electron chi connectivity index (χ4n) is 1.03. The summed E-state index contributed by atoms with van der Waals surface area (Å²) in [5, 5.41) is 9.87. The van der Waals surface area contributed by atoms with Crippen LogP contribution in [0.5, 0.6) is 0 Å². The molecule has 0 bridgehead atoms. The van der Waals surface area contributed by atoms with Crippen LogP contribution in [0.25, 0.3) is 0 Å². The summed E-state index contributed by atoms with van der Waals surface area (Å²) in [4.78, 5) is 11.3. The number of hydrogen-bond donors (Lipinski definition) is 1. The van der Waals surface area contributed by atoms with E-state index >= 15 is 0 Å². The highest BCUT2D eigenvalue weighted by molar-refractivity contribution is 5.69. The van der Waals surface area contributed by atoms with E-state index in [2.05, 4.69) is 15.4 Å². The number of nitrogens with zero attached hydrogens (tertiary/aromatic N) is 2. The van der Waals surface area contributed by atoms with Crippen molar-refractivity contribution in [2.45, 2.75) is 33.8 Å². The van der Waals surface area contributed by atoms with E-state index in [1.54, 1.807) is 6.20 Å². The standard InChI is InChI=1S/C10H17N3O3/c1-10(2,3)4-9(14)16-7-15-6-8-5-11-13-12-8/h5H,4,6-7H2,1-3H3,(H,11,12,13). The lowest BCUT2D eigenvalue weighted by atomic mass is 9.93. The molecule has 0 saturated carbocycles. The van der Waals surface area contributed by atoms with E-state index in [0.29, 0.717) is 12.1 Å². The number of aromatic nitrogens is 3. The van der Waals surface area contributed by atoms with Gasteiger partial charge in [-0.15, -0.1) is 0 Å². The van der Waals surface area contributed by atoms with Crippen molar-refractivity contribution in [3.05, 3.63) is 11.9 Å². The number of H-pyrrole nitrogens is 1. The maximum atomic E-state index is 11.3. The molecule has 0 aromatic carbocycles. The van der Waals surface area contributed by atoms with Crippen LogP contribution < -0.4 is 0 Å². The Labute approximate surface area is 94.3 Å². The van der Waals surface area contributed by atoms with E-state index in [1.165, 1.54) is 0 Å². The first-order chi connectivity index (χ1) is 7.47. The van der Waals surface area contributed by atoms with Gasteiger partial charge in [0.1, 0.15) is 5.69 Å². The number of carbonyl (C=O) groups excluding carboxylic acids is 1. The zero-order chi connectivity index (χ0) is 12.0. The molecule has 0 aliphatic carbocycles. The second-order valence-corrected chi connectivity index (χ2v) is 4.68. The molecule has 0 unspecified atom stereocenters. The van der Waals surface area contributed by atoms with Crippen molar-refractivity contribution in [3.63, 3.8) is 0 Å². The number of esters is 1. The molecule has 1 N–H and O–H groups in total. The second kappa shape index (κ2) is 5.60. The van der Waals surface area contributed by atoms with Crippen molar-refractivity contribution in [1.29, 1.82) is 0 Å². The molecule has 1 aromatic heterocycles. The van der Waals surface area contributed by atoms with Gasteiger partial charge in [0.25, 0.3) is 0 Å². The van der Waals surface area contributed by atoms with Crippen LogP contribution in [0.2, 0.25) is 0 Å². The van der Waals surface area contributed by atoms with Crippen molar-refractivity contribution in [2.75, 3.05) is 6.79 Å². The van der Waals surface area contributed by atoms with Gasteiger partial charge in [-0.1, -0.05) is 20.8 Å². The lowest BCUT2D eigenvalue weighted by Gasteiger charge is -2.16. The normalized spacial score (nSPS) is 11.4. The van der Waals surface area contributed by atoms with Crippen LogP contribution in [0.4, 0.5) is 0 Å². The van der Waals surface area contributed by atoms with E-state index in [0.717, 1.165) is 0 Å².